The van der Waals surface area contributed by atoms with Gasteiger partial charge in [-0.15, -0.1) is 0 Å². The summed E-state index contributed by atoms with van der Waals surface area (Å²) in [6, 6.07) is 10.1. The second-order valence-electron chi connectivity index (χ2n) is 4.36. The Kier molecular flexibility index (Phi) is 4.22. The molecule has 0 aromatic heterocycles. The highest BCUT2D eigenvalue weighted by Crippen LogP contribution is 2.35. The van der Waals surface area contributed by atoms with Gasteiger partial charge < -0.3 is 9.84 Å². The molecule has 0 aliphatic heterocycles. The van der Waals surface area contributed by atoms with Crippen molar-refractivity contribution in [3.8, 4) is 11.5 Å². The molecule has 2 rings (SSSR count). The average molecular weight is 325 g/mol. The highest BCUT2D eigenvalue weighted by Gasteiger charge is 2.16. The predicted molar refractivity (Wildman–Crippen MR) is 76.0 cm³/mol. The Bertz CT molecular complexity index is 597. The number of rotatable bonds is 3. The van der Waals surface area contributed by atoms with Gasteiger partial charge in [0.15, 0.2) is 0 Å². The first-order valence-corrected chi connectivity index (χ1v) is 6.69. The van der Waals surface area contributed by atoms with E-state index in [0.717, 1.165) is 10.0 Å². The number of aryl methyl sites for hydroxylation is 1. The van der Waals surface area contributed by atoms with Crippen molar-refractivity contribution in [3.63, 3.8) is 0 Å². The fraction of sp³-hybridized carbons (Fsp3) is 0.200. The van der Waals surface area contributed by atoms with Crippen molar-refractivity contribution in [2.45, 2.75) is 20.0 Å². The summed E-state index contributed by atoms with van der Waals surface area (Å²) >= 11 is 3.40. The molecule has 0 saturated carbocycles. The molecule has 19 heavy (non-hydrogen) atoms. The first kappa shape index (κ1) is 14.0. The van der Waals surface area contributed by atoms with Crippen molar-refractivity contribution in [3.05, 3.63) is 57.8 Å². The molecule has 0 radical (unpaired) electrons. The van der Waals surface area contributed by atoms with Crippen LogP contribution in [-0.2, 0) is 0 Å². The summed E-state index contributed by atoms with van der Waals surface area (Å²) in [7, 11) is 0. The normalized spacial score (nSPS) is 12.3. The molecule has 0 bridgehead atoms. The van der Waals surface area contributed by atoms with Crippen LogP contribution >= 0.6 is 15.9 Å². The van der Waals surface area contributed by atoms with E-state index in [4.69, 9.17) is 4.74 Å². The zero-order valence-electron chi connectivity index (χ0n) is 10.7. The van der Waals surface area contributed by atoms with Gasteiger partial charge in [-0.1, -0.05) is 12.1 Å². The Morgan fingerprint density at radius 1 is 1.21 bits per heavy atom. The minimum absolute atomic E-state index is 0.162. The zero-order valence-corrected chi connectivity index (χ0v) is 12.2. The predicted octanol–water partition coefficient (Wildman–Crippen LogP) is 4.74. The van der Waals surface area contributed by atoms with Gasteiger partial charge in [-0.05, 0) is 59.6 Å². The van der Waals surface area contributed by atoms with Gasteiger partial charge in [0, 0.05) is 0 Å². The van der Waals surface area contributed by atoms with Crippen LogP contribution in [0.2, 0.25) is 0 Å². The molecule has 1 N–H and O–H groups in total. The monoisotopic (exact) mass is 324 g/mol. The topological polar surface area (TPSA) is 29.5 Å². The van der Waals surface area contributed by atoms with Crippen LogP contribution in [0.3, 0.4) is 0 Å². The molecule has 4 heteroatoms. The van der Waals surface area contributed by atoms with E-state index >= 15 is 0 Å². The molecule has 2 nitrogen and oxygen atoms in total. The van der Waals surface area contributed by atoms with E-state index in [1.54, 1.807) is 18.2 Å². The molecule has 2 aromatic rings. The standard InChI is InChI=1S/C15H14BrFO2/c1-9-6-7-13(11(16)8-9)19-14-5-3-4-12(17)15(14)10(2)18/h3-8,10,18H,1-2H3/t10-/m0/s1. The van der Waals surface area contributed by atoms with Crippen LogP contribution in [0.25, 0.3) is 0 Å². The molecule has 0 spiro atoms. The largest absolute Gasteiger partial charge is 0.456 e. The maximum Gasteiger partial charge on any atom is 0.141 e. The van der Waals surface area contributed by atoms with Gasteiger partial charge in [0.05, 0.1) is 16.1 Å². The molecule has 0 fully saturated rings. The maximum atomic E-state index is 13.7. The van der Waals surface area contributed by atoms with Gasteiger partial charge in [-0.25, -0.2) is 4.39 Å². The summed E-state index contributed by atoms with van der Waals surface area (Å²) < 4.78 is 20.2. The summed E-state index contributed by atoms with van der Waals surface area (Å²) in [5.41, 5.74) is 1.25. The molecule has 100 valence electrons. The summed E-state index contributed by atoms with van der Waals surface area (Å²) in [4.78, 5) is 0. The van der Waals surface area contributed by atoms with Gasteiger partial charge in [0.1, 0.15) is 17.3 Å². The lowest BCUT2D eigenvalue weighted by Gasteiger charge is -2.15. The molecule has 1 atom stereocenters. The summed E-state index contributed by atoms with van der Waals surface area (Å²) in [6.07, 6.45) is -0.930. The van der Waals surface area contributed by atoms with Crippen molar-refractivity contribution in [2.24, 2.45) is 0 Å². The van der Waals surface area contributed by atoms with Crippen molar-refractivity contribution < 1.29 is 14.2 Å². The molecular formula is C15H14BrFO2. The molecule has 0 aliphatic rings. The van der Waals surface area contributed by atoms with Crippen LogP contribution in [0.4, 0.5) is 4.39 Å². The van der Waals surface area contributed by atoms with Crippen molar-refractivity contribution in [1.82, 2.24) is 0 Å². The minimum atomic E-state index is -0.930. The Morgan fingerprint density at radius 2 is 1.95 bits per heavy atom. The number of aliphatic hydroxyl groups excluding tert-OH is 1. The fourth-order valence-electron chi connectivity index (χ4n) is 1.82. The molecule has 2 aromatic carbocycles. The third-order valence-electron chi connectivity index (χ3n) is 2.74. The number of ether oxygens (including phenoxy) is 1. The van der Waals surface area contributed by atoms with Gasteiger partial charge in [0.25, 0.3) is 0 Å². The van der Waals surface area contributed by atoms with Crippen molar-refractivity contribution >= 4 is 15.9 Å². The second-order valence-corrected chi connectivity index (χ2v) is 5.22. The fourth-order valence-corrected chi connectivity index (χ4v) is 2.39. The highest BCUT2D eigenvalue weighted by molar-refractivity contribution is 9.10. The second kappa shape index (κ2) is 5.72. The molecule has 0 unspecified atom stereocenters. The first-order valence-electron chi connectivity index (χ1n) is 5.89. The van der Waals surface area contributed by atoms with Gasteiger partial charge in [0.2, 0.25) is 0 Å². The number of hydrogen-bond donors (Lipinski definition) is 1. The lowest BCUT2D eigenvalue weighted by Crippen LogP contribution is -2.00. The summed E-state index contributed by atoms with van der Waals surface area (Å²) in [6.45, 7) is 3.48. The van der Waals surface area contributed by atoms with E-state index in [-0.39, 0.29) is 5.56 Å². The number of halogens is 2. The van der Waals surface area contributed by atoms with E-state index in [1.165, 1.54) is 13.0 Å². The maximum absolute atomic E-state index is 13.7. The van der Waals surface area contributed by atoms with E-state index in [9.17, 15) is 9.50 Å². The molecule has 0 saturated heterocycles. The minimum Gasteiger partial charge on any atom is -0.456 e. The molecule has 0 heterocycles. The lowest BCUT2D eigenvalue weighted by atomic mass is 10.1. The summed E-state index contributed by atoms with van der Waals surface area (Å²) in [5.74, 6) is 0.424. The first-order chi connectivity index (χ1) is 8.99. The molecular weight excluding hydrogens is 311 g/mol. The number of benzene rings is 2. The van der Waals surface area contributed by atoms with Crippen LogP contribution in [0.1, 0.15) is 24.2 Å². The molecule has 0 aliphatic carbocycles. The Balaban J connectivity index is 2.41. The van der Waals surface area contributed by atoms with E-state index in [0.29, 0.717) is 11.5 Å². The number of hydrogen-bond acceptors (Lipinski definition) is 2. The summed E-state index contributed by atoms with van der Waals surface area (Å²) in [5, 5.41) is 9.65. The number of aliphatic hydroxyl groups is 1. The van der Waals surface area contributed by atoms with Crippen molar-refractivity contribution in [2.75, 3.05) is 0 Å². The smallest absolute Gasteiger partial charge is 0.141 e. The van der Waals surface area contributed by atoms with Crippen LogP contribution in [0.5, 0.6) is 11.5 Å². The Morgan fingerprint density at radius 3 is 2.58 bits per heavy atom. The van der Waals surface area contributed by atoms with E-state index < -0.39 is 11.9 Å². The Labute approximate surface area is 120 Å². The third kappa shape index (κ3) is 3.14. The van der Waals surface area contributed by atoms with Crippen molar-refractivity contribution in [1.29, 1.82) is 0 Å². The van der Waals surface area contributed by atoms with Gasteiger partial charge in [-0.2, -0.15) is 0 Å². The van der Waals surface area contributed by atoms with Crippen LogP contribution in [-0.4, -0.2) is 5.11 Å². The average Bonchev–Trinajstić information content (AvgIpc) is 2.32. The highest BCUT2D eigenvalue weighted by atomic mass is 79.9. The Hall–Kier alpha value is -1.39. The lowest BCUT2D eigenvalue weighted by molar-refractivity contribution is 0.190. The van der Waals surface area contributed by atoms with Gasteiger partial charge >= 0.3 is 0 Å². The van der Waals surface area contributed by atoms with Crippen LogP contribution in [0, 0.1) is 12.7 Å². The quantitative estimate of drug-likeness (QED) is 0.883. The molecule has 0 amide bonds. The SMILES string of the molecule is Cc1ccc(Oc2cccc(F)c2[C@H](C)O)c(Br)c1. The van der Waals surface area contributed by atoms with Crippen LogP contribution < -0.4 is 4.74 Å². The van der Waals surface area contributed by atoms with Crippen LogP contribution in [0.15, 0.2) is 40.9 Å². The van der Waals surface area contributed by atoms with E-state index in [2.05, 4.69) is 15.9 Å². The zero-order chi connectivity index (χ0) is 14.0. The van der Waals surface area contributed by atoms with E-state index in [1.807, 2.05) is 19.1 Å². The van der Waals surface area contributed by atoms with Gasteiger partial charge in [-0.3, -0.25) is 0 Å². The third-order valence-corrected chi connectivity index (χ3v) is 3.36.